The fourth-order valence-corrected chi connectivity index (χ4v) is 2.97. The Morgan fingerprint density at radius 1 is 1.24 bits per heavy atom. The topological polar surface area (TPSA) is 50.7 Å². The van der Waals surface area contributed by atoms with Gasteiger partial charge in [-0.15, -0.1) is 0 Å². The van der Waals surface area contributed by atoms with Gasteiger partial charge in [0.25, 0.3) is 0 Å². The van der Waals surface area contributed by atoms with Gasteiger partial charge in [-0.05, 0) is 31.7 Å². The zero-order chi connectivity index (χ0) is 14.8. The Kier molecular flexibility index (Phi) is 4.27. The minimum absolute atomic E-state index is 0.474. The van der Waals surface area contributed by atoms with Gasteiger partial charge in [-0.2, -0.15) is 0 Å². The summed E-state index contributed by atoms with van der Waals surface area (Å²) in [6, 6.07) is 1.67. The lowest BCUT2D eigenvalue weighted by molar-refractivity contribution is 0.899. The molecule has 21 heavy (non-hydrogen) atoms. The van der Waals surface area contributed by atoms with Crippen LogP contribution in [0.2, 0.25) is 10.0 Å². The molecule has 0 amide bonds. The molecular weight excluding hydrogens is 307 g/mol. The summed E-state index contributed by atoms with van der Waals surface area (Å²) < 4.78 is 0. The third kappa shape index (κ3) is 2.97. The van der Waals surface area contributed by atoms with Crippen molar-refractivity contribution in [1.29, 1.82) is 0 Å². The standard InChI is InChI=1S/C15H16Cl2N4/c1-2-6-18-14-10-4-3-5-12(10)20-15(21-14)13-11(17)7-9(16)8-19-13/h7-8H,2-6H2,1H3,(H,18,20,21). The molecule has 2 heterocycles. The number of aryl methyl sites for hydroxylation is 1. The van der Waals surface area contributed by atoms with Crippen molar-refractivity contribution in [2.45, 2.75) is 32.6 Å². The largest absolute Gasteiger partial charge is 0.370 e. The summed E-state index contributed by atoms with van der Waals surface area (Å²) in [7, 11) is 0. The maximum atomic E-state index is 6.22. The predicted octanol–water partition coefficient (Wildman–Crippen LogP) is 4.16. The van der Waals surface area contributed by atoms with Crippen molar-refractivity contribution in [3.8, 4) is 11.5 Å². The van der Waals surface area contributed by atoms with Gasteiger partial charge in [0.2, 0.25) is 0 Å². The van der Waals surface area contributed by atoms with E-state index in [1.807, 2.05) is 0 Å². The molecule has 0 radical (unpaired) electrons. The highest BCUT2D eigenvalue weighted by molar-refractivity contribution is 6.35. The highest BCUT2D eigenvalue weighted by Gasteiger charge is 2.21. The molecule has 1 aliphatic rings. The average molecular weight is 323 g/mol. The van der Waals surface area contributed by atoms with E-state index in [1.54, 1.807) is 12.3 Å². The Morgan fingerprint density at radius 2 is 2.10 bits per heavy atom. The Bertz CT molecular complexity index is 673. The lowest BCUT2D eigenvalue weighted by atomic mass is 10.2. The molecule has 0 atom stereocenters. The fourth-order valence-electron chi connectivity index (χ4n) is 2.51. The first kappa shape index (κ1) is 14.5. The van der Waals surface area contributed by atoms with Crippen molar-refractivity contribution in [2.75, 3.05) is 11.9 Å². The molecule has 1 aliphatic carbocycles. The number of aromatic nitrogens is 3. The van der Waals surface area contributed by atoms with Crippen molar-refractivity contribution < 1.29 is 0 Å². The molecule has 0 aromatic carbocycles. The summed E-state index contributed by atoms with van der Waals surface area (Å²) in [4.78, 5) is 13.6. The molecule has 2 aromatic rings. The molecule has 3 rings (SSSR count). The summed E-state index contributed by atoms with van der Waals surface area (Å²) in [5.74, 6) is 1.48. The quantitative estimate of drug-likeness (QED) is 0.918. The molecule has 6 heteroatoms. The molecule has 0 bridgehead atoms. The van der Waals surface area contributed by atoms with Gasteiger partial charge in [-0.3, -0.25) is 0 Å². The normalized spacial score (nSPS) is 13.3. The Labute approximate surface area is 133 Å². The second-order valence-corrected chi connectivity index (χ2v) is 5.93. The molecule has 0 fully saturated rings. The van der Waals surface area contributed by atoms with E-state index in [0.29, 0.717) is 21.6 Å². The molecule has 0 unspecified atom stereocenters. The molecule has 4 nitrogen and oxygen atoms in total. The Morgan fingerprint density at radius 3 is 2.86 bits per heavy atom. The van der Waals surface area contributed by atoms with Crippen molar-refractivity contribution in [3.05, 3.63) is 33.6 Å². The van der Waals surface area contributed by atoms with E-state index in [9.17, 15) is 0 Å². The van der Waals surface area contributed by atoms with Crippen LogP contribution < -0.4 is 5.32 Å². The predicted molar refractivity (Wildman–Crippen MR) is 86.1 cm³/mol. The zero-order valence-electron chi connectivity index (χ0n) is 11.8. The van der Waals surface area contributed by atoms with Crippen molar-refractivity contribution in [1.82, 2.24) is 15.0 Å². The first-order valence-electron chi connectivity index (χ1n) is 7.14. The average Bonchev–Trinajstić information content (AvgIpc) is 2.93. The van der Waals surface area contributed by atoms with Crippen LogP contribution in [0.1, 0.15) is 31.0 Å². The summed E-state index contributed by atoms with van der Waals surface area (Å²) in [6.45, 7) is 3.03. The van der Waals surface area contributed by atoms with E-state index >= 15 is 0 Å². The van der Waals surface area contributed by atoms with Gasteiger partial charge < -0.3 is 5.32 Å². The number of rotatable bonds is 4. The number of nitrogens with one attached hydrogen (secondary N) is 1. The van der Waals surface area contributed by atoms with E-state index < -0.39 is 0 Å². The van der Waals surface area contributed by atoms with Crippen LogP contribution >= 0.6 is 23.2 Å². The van der Waals surface area contributed by atoms with Gasteiger partial charge in [0.15, 0.2) is 5.82 Å². The first-order valence-corrected chi connectivity index (χ1v) is 7.89. The maximum Gasteiger partial charge on any atom is 0.181 e. The SMILES string of the molecule is CCCNc1nc(-c2ncc(Cl)cc2Cl)nc2c1CCC2. The summed E-state index contributed by atoms with van der Waals surface area (Å²) in [5, 5.41) is 4.37. The Hall–Kier alpha value is -1.39. The third-order valence-electron chi connectivity index (χ3n) is 3.50. The van der Waals surface area contributed by atoms with Crippen LogP contribution in [-0.4, -0.2) is 21.5 Å². The second-order valence-electron chi connectivity index (χ2n) is 5.09. The monoisotopic (exact) mass is 322 g/mol. The number of hydrogen-bond acceptors (Lipinski definition) is 4. The van der Waals surface area contributed by atoms with E-state index in [0.717, 1.165) is 43.7 Å². The molecular formula is C15H16Cl2N4. The van der Waals surface area contributed by atoms with Gasteiger partial charge in [0.05, 0.1) is 10.0 Å². The van der Waals surface area contributed by atoms with Crippen LogP contribution in [0.3, 0.4) is 0 Å². The third-order valence-corrected chi connectivity index (χ3v) is 3.99. The number of nitrogens with zero attached hydrogens (tertiary/aromatic N) is 3. The summed E-state index contributed by atoms with van der Waals surface area (Å²) in [5.41, 5.74) is 2.92. The van der Waals surface area contributed by atoms with E-state index in [2.05, 4.69) is 27.2 Å². The second kappa shape index (κ2) is 6.16. The van der Waals surface area contributed by atoms with Gasteiger partial charge in [0.1, 0.15) is 11.5 Å². The van der Waals surface area contributed by atoms with Crippen molar-refractivity contribution >= 4 is 29.0 Å². The van der Waals surface area contributed by atoms with Gasteiger partial charge in [-0.25, -0.2) is 15.0 Å². The molecule has 110 valence electrons. The minimum atomic E-state index is 0.474. The van der Waals surface area contributed by atoms with Gasteiger partial charge >= 0.3 is 0 Å². The van der Waals surface area contributed by atoms with Crippen LogP contribution in [0, 0.1) is 0 Å². The molecule has 0 saturated carbocycles. The molecule has 0 spiro atoms. The number of pyridine rings is 1. The van der Waals surface area contributed by atoms with Crippen molar-refractivity contribution in [2.24, 2.45) is 0 Å². The van der Waals surface area contributed by atoms with Crippen LogP contribution in [0.25, 0.3) is 11.5 Å². The van der Waals surface area contributed by atoms with Crippen LogP contribution in [0.5, 0.6) is 0 Å². The molecule has 0 saturated heterocycles. The summed E-state index contributed by atoms with van der Waals surface area (Å²) >= 11 is 12.1. The van der Waals surface area contributed by atoms with Crippen LogP contribution in [-0.2, 0) is 12.8 Å². The number of anilines is 1. The van der Waals surface area contributed by atoms with E-state index in [-0.39, 0.29) is 0 Å². The fraction of sp³-hybridized carbons (Fsp3) is 0.400. The highest BCUT2D eigenvalue weighted by Crippen LogP contribution is 2.31. The number of hydrogen-bond donors (Lipinski definition) is 1. The summed E-state index contributed by atoms with van der Waals surface area (Å²) in [6.07, 6.45) is 5.75. The molecule has 2 aromatic heterocycles. The Balaban J connectivity index is 2.06. The van der Waals surface area contributed by atoms with Gasteiger partial charge in [0, 0.05) is 24.0 Å². The smallest absolute Gasteiger partial charge is 0.181 e. The van der Waals surface area contributed by atoms with E-state index in [1.165, 1.54) is 5.56 Å². The maximum absolute atomic E-state index is 6.22. The van der Waals surface area contributed by atoms with Crippen LogP contribution in [0.4, 0.5) is 5.82 Å². The van der Waals surface area contributed by atoms with Crippen LogP contribution in [0.15, 0.2) is 12.3 Å². The van der Waals surface area contributed by atoms with E-state index in [4.69, 9.17) is 23.2 Å². The number of fused-ring (bicyclic) bond motifs is 1. The zero-order valence-corrected chi connectivity index (χ0v) is 13.3. The lowest BCUT2D eigenvalue weighted by Gasteiger charge is -2.12. The van der Waals surface area contributed by atoms with Gasteiger partial charge in [-0.1, -0.05) is 30.1 Å². The lowest BCUT2D eigenvalue weighted by Crippen LogP contribution is -2.08. The van der Waals surface area contributed by atoms with Crippen molar-refractivity contribution in [3.63, 3.8) is 0 Å². The molecule has 0 aliphatic heterocycles. The first-order chi connectivity index (χ1) is 10.2. The minimum Gasteiger partial charge on any atom is -0.370 e. The molecule has 1 N–H and O–H groups in total. The number of halogens is 2. The highest BCUT2D eigenvalue weighted by atomic mass is 35.5.